The lowest BCUT2D eigenvalue weighted by atomic mass is 10.1. The van der Waals surface area contributed by atoms with E-state index in [1.165, 1.54) is 12.1 Å². The number of nitrogens with zero attached hydrogens (tertiary/aromatic N) is 3. The summed E-state index contributed by atoms with van der Waals surface area (Å²) in [6.07, 6.45) is 4.05. The molecule has 0 atom stereocenters. The summed E-state index contributed by atoms with van der Waals surface area (Å²) in [6.45, 7) is 1.89. The molecule has 5 nitrogen and oxygen atoms in total. The highest BCUT2D eigenvalue weighted by Gasteiger charge is 2.11. The molecule has 2 aromatic heterocycles. The molecular weight excluding hydrogens is 269 g/mol. The van der Waals surface area contributed by atoms with Crippen LogP contribution in [0.5, 0.6) is 0 Å². The van der Waals surface area contributed by atoms with E-state index >= 15 is 0 Å². The third-order valence-electron chi connectivity index (χ3n) is 3.19. The third-order valence-corrected chi connectivity index (χ3v) is 3.19. The number of aromatic nitrogens is 3. The van der Waals surface area contributed by atoms with Gasteiger partial charge in [0.05, 0.1) is 11.4 Å². The highest BCUT2D eigenvalue weighted by atomic mass is 19.1. The van der Waals surface area contributed by atoms with Gasteiger partial charge in [-0.2, -0.15) is 0 Å². The summed E-state index contributed by atoms with van der Waals surface area (Å²) in [5.41, 5.74) is 9.15. The second kappa shape index (κ2) is 4.97. The van der Waals surface area contributed by atoms with Gasteiger partial charge in [-0.05, 0) is 24.6 Å². The number of hydrogen-bond donors (Lipinski definition) is 2. The van der Waals surface area contributed by atoms with Gasteiger partial charge in [0.1, 0.15) is 17.3 Å². The Kier molecular flexibility index (Phi) is 3.13. The normalized spacial score (nSPS) is 11.0. The fourth-order valence-electron chi connectivity index (χ4n) is 2.23. The molecule has 3 aromatic rings. The van der Waals surface area contributed by atoms with Gasteiger partial charge in [0.25, 0.3) is 0 Å². The van der Waals surface area contributed by atoms with Crippen LogP contribution in [0.2, 0.25) is 0 Å². The molecule has 21 heavy (non-hydrogen) atoms. The summed E-state index contributed by atoms with van der Waals surface area (Å²) in [4.78, 5) is 8.85. The van der Waals surface area contributed by atoms with Crippen molar-refractivity contribution in [1.82, 2.24) is 14.4 Å². The van der Waals surface area contributed by atoms with Gasteiger partial charge >= 0.3 is 0 Å². The van der Waals surface area contributed by atoms with Crippen LogP contribution in [-0.2, 0) is 6.42 Å². The first kappa shape index (κ1) is 13.2. The summed E-state index contributed by atoms with van der Waals surface area (Å²) in [5.74, 6) is -0.366. The number of amidine groups is 1. The molecule has 0 spiro atoms. The van der Waals surface area contributed by atoms with Crippen LogP contribution in [0.1, 0.15) is 22.6 Å². The molecule has 0 bridgehead atoms. The predicted molar refractivity (Wildman–Crippen MR) is 77.9 cm³/mol. The quantitative estimate of drug-likeness (QED) is 0.570. The molecule has 0 saturated carbocycles. The van der Waals surface area contributed by atoms with Gasteiger partial charge in [-0.25, -0.2) is 14.4 Å². The largest absolute Gasteiger partial charge is 0.382 e. The number of hydrogen-bond acceptors (Lipinski definition) is 3. The average Bonchev–Trinajstić information content (AvgIpc) is 2.81. The first-order valence-corrected chi connectivity index (χ1v) is 6.47. The topological polar surface area (TPSA) is 80.1 Å². The van der Waals surface area contributed by atoms with Crippen LogP contribution in [0.15, 0.2) is 36.7 Å². The fourth-order valence-corrected chi connectivity index (χ4v) is 2.23. The Balaban J connectivity index is 2.10. The summed E-state index contributed by atoms with van der Waals surface area (Å²) < 4.78 is 14.8. The maximum absolute atomic E-state index is 13.0. The Morgan fingerprint density at radius 2 is 1.95 bits per heavy atom. The number of halogens is 1. The smallest absolute Gasteiger partial charge is 0.159 e. The molecule has 1 aromatic carbocycles. The van der Waals surface area contributed by atoms with Crippen molar-refractivity contribution < 1.29 is 4.39 Å². The number of benzene rings is 1. The molecule has 3 N–H and O–H groups in total. The molecule has 0 aliphatic heterocycles. The summed E-state index contributed by atoms with van der Waals surface area (Å²) >= 11 is 0. The van der Waals surface area contributed by atoms with E-state index in [2.05, 4.69) is 9.97 Å². The van der Waals surface area contributed by atoms with E-state index in [-0.39, 0.29) is 11.7 Å². The lowest BCUT2D eigenvalue weighted by molar-refractivity contribution is 0.627. The molecule has 3 rings (SSSR count). The molecule has 2 heterocycles. The van der Waals surface area contributed by atoms with Gasteiger partial charge in [0.2, 0.25) is 0 Å². The monoisotopic (exact) mass is 283 g/mol. The average molecular weight is 283 g/mol. The minimum atomic E-state index is -0.272. The number of nitrogen functional groups attached to an aromatic ring is 1. The number of imidazole rings is 1. The highest BCUT2D eigenvalue weighted by molar-refractivity contribution is 5.93. The van der Waals surface area contributed by atoms with Gasteiger partial charge in [0, 0.05) is 18.8 Å². The van der Waals surface area contributed by atoms with Gasteiger partial charge in [0.15, 0.2) is 5.65 Å². The molecule has 0 radical (unpaired) electrons. The van der Waals surface area contributed by atoms with Crippen molar-refractivity contribution in [3.8, 4) is 0 Å². The van der Waals surface area contributed by atoms with Gasteiger partial charge in [-0.15, -0.1) is 0 Å². The van der Waals surface area contributed by atoms with Crippen molar-refractivity contribution in [2.75, 3.05) is 0 Å². The maximum atomic E-state index is 13.0. The van der Waals surface area contributed by atoms with Crippen LogP contribution in [0.4, 0.5) is 4.39 Å². The third kappa shape index (κ3) is 2.60. The molecule has 0 unspecified atom stereocenters. The zero-order chi connectivity index (χ0) is 15.0. The Bertz CT molecular complexity index is 820. The first-order chi connectivity index (χ1) is 10.0. The Morgan fingerprint density at radius 3 is 2.62 bits per heavy atom. The van der Waals surface area contributed by atoms with E-state index in [1.807, 2.05) is 17.5 Å². The summed E-state index contributed by atoms with van der Waals surface area (Å²) in [6, 6.07) is 6.25. The maximum Gasteiger partial charge on any atom is 0.159 e. The lowest BCUT2D eigenvalue weighted by Gasteiger charge is -2.06. The lowest BCUT2D eigenvalue weighted by Crippen LogP contribution is -2.15. The summed E-state index contributed by atoms with van der Waals surface area (Å²) in [7, 11) is 0. The molecule has 0 aliphatic carbocycles. The van der Waals surface area contributed by atoms with Crippen LogP contribution >= 0.6 is 0 Å². The van der Waals surface area contributed by atoms with Crippen LogP contribution in [0.3, 0.4) is 0 Å². The van der Waals surface area contributed by atoms with Crippen molar-refractivity contribution in [3.63, 3.8) is 0 Å². The Labute approximate surface area is 120 Å². The molecule has 0 aliphatic rings. The van der Waals surface area contributed by atoms with Crippen LogP contribution in [0, 0.1) is 18.2 Å². The predicted octanol–water partition coefficient (Wildman–Crippen LogP) is 2.05. The van der Waals surface area contributed by atoms with E-state index < -0.39 is 0 Å². The van der Waals surface area contributed by atoms with E-state index in [0.717, 1.165) is 16.9 Å². The Hall–Kier alpha value is -2.76. The number of nitrogens with one attached hydrogen (secondary N) is 1. The second-order valence-corrected chi connectivity index (χ2v) is 4.90. The van der Waals surface area contributed by atoms with Gasteiger partial charge < -0.3 is 10.1 Å². The number of fused-ring (bicyclic) bond motifs is 1. The fraction of sp³-hybridized carbons (Fsp3) is 0.133. The molecule has 0 amide bonds. The van der Waals surface area contributed by atoms with Gasteiger partial charge in [-0.1, -0.05) is 12.1 Å². The number of aryl methyl sites for hydroxylation is 1. The van der Waals surface area contributed by atoms with E-state index in [0.29, 0.717) is 17.8 Å². The van der Waals surface area contributed by atoms with Crippen molar-refractivity contribution in [2.45, 2.75) is 13.3 Å². The van der Waals surface area contributed by atoms with Crippen LogP contribution in [0.25, 0.3) is 5.65 Å². The highest BCUT2D eigenvalue weighted by Crippen LogP contribution is 2.15. The Morgan fingerprint density at radius 1 is 1.24 bits per heavy atom. The van der Waals surface area contributed by atoms with E-state index in [4.69, 9.17) is 11.1 Å². The molecular formula is C15H14FN5. The zero-order valence-corrected chi connectivity index (χ0v) is 11.5. The van der Waals surface area contributed by atoms with Crippen molar-refractivity contribution in [1.29, 1.82) is 5.41 Å². The molecule has 106 valence electrons. The SMILES string of the molecule is Cc1cn2cc(C(=N)N)nc(Cc3ccc(F)cc3)c2n1. The number of nitrogens with two attached hydrogens (primary N) is 1. The van der Waals surface area contributed by atoms with Gasteiger partial charge in [-0.3, -0.25) is 5.41 Å². The summed E-state index contributed by atoms with van der Waals surface area (Å²) in [5, 5.41) is 7.55. The van der Waals surface area contributed by atoms with Crippen molar-refractivity contribution in [3.05, 3.63) is 65.1 Å². The van der Waals surface area contributed by atoms with Crippen molar-refractivity contribution >= 4 is 11.5 Å². The number of rotatable bonds is 3. The van der Waals surface area contributed by atoms with Crippen molar-refractivity contribution in [2.24, 2.45) is 5.73 Å². The first-order valence-electron chi connectivity index (χ1n) is 6.47. The van der Waals surface area contributed by atoms with Crippen LogP contribution in [-0.4, -0.2) is 20.2 Å². The minimum Gasteiger partial charge on any atom is -0.382 e. The molecule has 0 fully saturated rings. The zero-order valence-electron chi connectivity index (χ0n) is 11.5. The van der Waals surface area contributed by atoms with E-state index in [1.54, 1.807) is 18.3 Å². The second-order valence-electron chi connectivity index (χ2n) is 4.90. The molecule has 6 heteroatoms. The standard InChI is InChI=1S/C15H14FN5/c1-9-7-21-8-13(14(17)18)20-12(15(21)19-9)6-10-2-4-11(16)5-3-10/h2-5,7-8H,6H2,1H3,(H3,17,18). The van der Waals surface area contributed by atoms with E-state index in [9.17, 15) is 4.39 Å². The van der Waals surface area contributed by atoms with Crippen LogP contribution < -0.4 is 5.73 Å². The molecule has 0 saturated heterocycles. The minimum absolute atomic E-state index is 0.0939.